The van der Waals surface area contributed by atoms with Gasteiger partial charge in [0, 0.05) is 29.9 Å². The lowest BCUT2D eigenvalue weighted by molar-refractivity contribution is -0.0596. The van der Waals surface area contributed by atoms with Gasteiger partial charge in [-0.05, 0) is 6.07 Å². The maximum Gasteiger partial charge on any atom is 0.135 e. The molecule has 14 heavy (non-hydrogen) atoms. The second kappa shape index (κ2) is 3.67. The van der Waals surface area contributed by atoms with Crippen molar-refractivity contribution in [2.75, 3.05) is 13.2 Å². The molecule has 0 radical (unpaired) electrons. The number of hydrogen-bond acceptors (Lipinski definition) is 3. The van der Waals surface area contributed by atoms with E-state index in [4.69, 9.17) is 4.74 Å². The number of hydrogen-bond donors (Lipinski definition) is 1. The Balaban J connectivity index is 2.03. The minimum absolute atomic E-state index is 0.0109. The second-order valence-electron chi connectivity index (χ2n) is 4.52. The molecule has 0 aromatic carbocycles. The number of ether oxygens (including phenoxy) is 1. The molecule has 1 aliphatic heterocycles. The molecule has 3 heteroatoms. The third-order valence-electron chi connectivity index (χ3n) is 2.39. The van der Waals surface area contributed by atoms with E-state index in [1.54, 1.807) is 6.20 Å². The predicted molar refractivity (Wildman–Crippen MR) is 54.7 cm³/mol. The summed E-state index contributed by atoms with van der Waals surface area (Å²) < 4.78 is 5.73. The highest BCUT2D eigenvalue weighted by atomic mass is 16.5. The van der Waals surface area contributed by atoms with Gasteiger partial charge in [-0.3, -0.25) is 10.3 Å². The van der Waals surface area contributed by atoms with Crippen molar-refractivity contribution in [3.63, 3.8) is 0 Å². The van der Waals surface area contributed by atoms with E-state index < -0.39 is 0 Å². The van der Waals surface area contributed by atoms with Gasteiger partial charge in [-0.25, -0.2) is 0 Å². The molecule has 1 N–H and O–H groups in total. The molecule has 0 amide bonds. The van der Waals surface area contributed by atoms with Crippen LogP contribution in [0.3, 0.4) is 0 Å². The first-order valence-electron chi connectivity index (χ1n) is 4.92. The average molecular weight is 192 g/mol. The Morgan fingerprint density at radius 3 is 3.00 bits per heavy atom. The van der Waals surface area contributed by atoms with E-state index in [1.165, 1.54) is 0 Å². The van der Waals surface area contributed by atoms with Crippen molar-refractivity contribution in [2.45, 2.75) is 20.1 Å². The van der Waals surface area contributed by atoms with Crippen molar-refractivity contribution < 1.29 is 4.74 Å². The first-order chi connectivity index (χ1) is 6.67. The number of rotatable bonds is 1. The highest BCUT2D eigenvalue weighted by Gasteiger charge is 2.27. The second-order valence-corrected chi connectivity index (χ2v) is 4.52. The van der Waals surface area contributed by atoms with Gasteiger partial charge in [-0.2, -0.15) is 0 Å². The Morgan fingerprint density at radius 2 is 2.43 bits per heavy atom. The third-order valence-corrected chi connectivity index (χ3v) is 2.39. The molecule has 2 rings (SSSR count). The molecule has 1 aromatic heterocycles. The van der Waals surface area contributed by atoms with Crippen LogP contribution in [0.2, 0.25) is 0 Å². The smallest absolute Gasteiger partial charge is 0.135 e. The van der Waals surface area contributed by atoms with E-state index in [-0.39, 0.29) is 11.6 Å². The van der Waals surface area contributed by atoms with Crippen molar-refractivity contribution in [3.05, 3.63) is 30.1 Å². The Morgan fingerprint density at radius 1 is 1.57 bits per heavy atom. The standard InChI is InChI=1S/C11H16N2O/c1-11(2)7-13-10(14-8-11)9-4-3-5-12-6-9/h3-6,10,13H,7-8H2,1-2H3. The van der Waals surface area contributed by atoms with E-state index in [0.29, 0.717) is 0 Å². The summed E-state index contributed by atoms with van der Waals surface area (Å²) >= 11 is 0. The Labute approximate surface area is 84.5 Å². The summed E-state index contributed by atoms with van der Waals surface area (Å²) in [4.78, 5) is 4.08. The van der Waals surface area contributed by atoms with Crippen LogP contribution in [-0.2, 0) is 4.74 Å². The van der Waals surface area contributed by atoms with Gasteiger partial charge < -0.3 is 4.74 Å². The van der Waals surface area contributed by atoms with E-state index in [9.17, 15) is 0 Å². The zero-order valence-corrected chi connectivity index (χ0v) is 8.66. The third kappa shape index (κ3) is 2.11. The van der Waals surface area contributed by atoms with Gasteiger partial charge in [0.1, 0.15) is 6.23 Å². The molecule has 1 atom stereocenters. The van der Waals surface area contributed by atoms with Crippen LogP contribution in [0, 0.1) is 5.41 Å². The average Bonchev–Trinajstić information content (AvgIpc) is 2.19. The van der Waals surface area contributed by atoms with Gasteiger partial charge in [0.15, 0.2) is 0 Å². The molecule has 1 unspecified atom stereocenters. The summed E-state index contributed by atoms with van der Waals surface area (Å²) in [5, 5.41) is 3.36. The molecule has 76 valence electrons. The van der Waals surface area contributed by atoms with Gasteiger partial charge in [0.05, 0.1) is 6.61 Å². The molecule has 0 aliphatic carbocycles. The van der Waals surface area contributed by atoms with Gasteiger partial charge >= 0.3 is 0 Å². The van der Waals surface area contributed by atoms with Gasteiger partial charge in [-0.1, -0.05) is 19.9 Å². The molecule has 1 fully saturated rings. The lowest BCUT2D eigenvalue weighted by Gasteiger charge is -2.35. The van der Waals surface area contributed by atoms with Crippen LogP contribution in [0.5, 0.6) is 0 Å². The fourth-order valence-corrected chi connectivity index (χ4v) is 1.53. The highest BCUT2D eigenvalue weighted by Crippen LogP contribution is 2.25. The van der Waals surface area contributed by atoms with E-state index >= 15 is 0 Å². The topological polar surface area (TPSA) is 34.2 Å². The fourth-order valence-electron chi connectivity index (χ4n) is 1.53. The van der Waals surface area contributed by atoms with E-state index in [2.05, 4.69) is 24.1 Å². The maximum absolute atomic E-state index is 5.73. The quantitative estimate of drug-likeness (QED) is 0.735. The summed E-state index contributed by atoms with van der Waals surface area (Å²) in [5.74, 6) is 0. The minimum Gasteiger partial charge on any atom is -0.358 e. The summed E-state index contributed by atoms with van der Waals surface area (Å²) in [5.41, 5.74) is 1.33. The predicted octanol–water partition coefficient (Wildman–Crippen LogP) is 1.73. The summed E-state index contributed by atoms with van der Waals surface area (Å²) in [6.07, 6.45) is 3.63. The molecule has 1 aliphatic rings. The molecule has 1 saturated heterocycles. The van der Waals surface area contributed by atoms with Crippen LogP contribution in [0.1, 0.15) is 25.6 Å². The first-order valence-corrected chi connectivity index (χ1v) is 4.92. The van der Waals surface area contributed by atoms with Crippen LogP contribution < -0.4 is 5.32 Å². The highest BCUT2D eigenvalue weighted by molar-refractivity contribution is 5.12. The molecule has 3 nitrogen and oxygen atoms in total. The minimum atomic E-state index is 0.0109. The lowest BCUT2D eigenvalue weighted by atomic mass is 9.93. The van der Waals surface area contributed by atoms with Crippen LogP contribution in [0.25, 0.3) is 0 Å². The first kappa shape index (κ1) is 9.62. The van der Waals surface area contributed by atoms with Gasteiger partial charge in [0.25, 0.3) is 0 Å². The van der Waals surface area contributed by atoms with Gasteiger partial charge in [0.2, 0.25) is 0 Å². The SMILES string of the molecule is CC1(C)CNC(c2cccnc2)OC1. The largest absolute Gasteiger partial charge is 0.358 e. The summed E-state index contributed by atoms with van der Waals surface area (Å²) in [6, 6.07) is 3.96. The molecular formula is C11H16N2O. The van der Waals surface area contributed by atoms with Crippen molar-refractivity contribution in [2.24, 2.45) is 5.41 Å². The zero-order chi connectivity index (χ0) is 10.0. The Hall–Kier alpha value is -0.930. The number of pyridine rings is 1. The zero-order valence-electron chi connectivity index (χ0n) is 8.66. The number of nitrogens with zero attached hydrogens (tertiary/aromatic N) is 1. The normalized spacial score (nSPS) is 26.0. The van der Waals surface area contributed by atoms with Crippen LogP contribution in [-0.4, -0.2) is 18.1 Å². The van der Waals surface area contributed by atoms with Crippen molar-refractivity contribution in [3.8, 4) is 0 Å². The van der Waals surface area contributed by atoms with E-state index in [1.807, 2.05) is 18.3 Å². The lowest BCUT2D eigenvalue weighted by Crippen LogP contribution is -2.43. The molecule has 0 spiro atoms. The summed E-state index contributed by atoms with van der Waals surface area (Å²) in [7, 11) is 0. The van der Waals surface area contributed by atoms with Crippen molar-refractivity contribution >= 4 is 0 Å². The van der Waals surface area contributed by atoms with Crippen molar-refractivity contribution in [1.82, 2.24) is 10.3 Å². The van der Waals surface area contributed by atoms with Crippen LogP contribution >= 0.6 is 0 Å². The van der Waals surface area contributed by atoms with Crippen LogP contribution in [0.15, 0.2) is 24.5 Å². The number of nitrogens with one attached hydrogen (secondary N) is 1. The summed E-state index contributed by atoms with van der Waals surface area (Å²) in [6.45, 7) is 6.16. The number of aromatic nitrogens is 1. The molecule has 2 heterocycles. The van der Waals surface area contributed by atoms with E-state index in [0.717, 1.165) is 18.7 Å². The fraction of sp³-hybridized carbons (Fsp3) is 0.545. The Bertz CT molecular complexity index is 287. The van der Waals surface area contributed by atoms with Crippen LogP contribution in [0.4, 0.5) is 0 Å². The van der Waals surface area contributed by atoms with Crippen molar-refractivity contribution in [1.29, 1.82) is 0 Å². The monoisotopic (exact) mass is 192 g/mol. The molecule has 0 bridgehead atoms. The maximum atomic E-state index is 5.73. The molecular weight excluding hydrogens is 176 g/mol. The molecule has 1 aromatic rings. The Kier molecular flexibility index (Phi) is 2.52. The molecule has 0 saturated carbocycles. The van der Waals surface area contributed by atoms with Gasteiger partial charge in [-0.15, -0.1) is 0 Å².